The smallest absolute Gasteiger partial charge is 0.225 e. The first-order chi connectivity index (χ1) is 9.56. The maximum Gasteiger partial charge on any atom is 0.225 e. The van der Waals surface area contributed by atoms with Gasteiger partial charge < -0.3 is 5.32 Å². The molecule has 1 amide bonds. The predicted molar refractivity (Wildman–Crippen MR) is 81.0 cm³/mol. The molecule has 20 heavy (non-hydrogen) atoms. The number of carbonyl (C=O) groups is 1. The van der Waals surface area contributed by atoms with Crippen LogP contribution >= 0.6 is 11.6 Å². The van der Waals surface area contributed by atoms with Crippen LogP contribution in [0.4, 0.5) is 5.82 Å². The fourth-order valence-electron chi connectivity index (χ4n) is 1.94. The summed E-state index contributed by atoms with van der Waals surface area (Å²) in [5.74, 6) is 0.725. The first-order valence-corrected chi connectivity index (χ1v) is 7.02. The number of anilines is 1. The molecule has 0 radical (unpaired) electrons. The van der Waals surface area contributed by atoms with Crippen molar-refractivity contribution in [3.05, 3.63) is 47.1 Å². The van der Waals surface area contributed by atoms with Gasteiger partial charge in [-0.25, -0.2) is 4.68 Å². The van der Waals surface area contributed by atoms with Crippen molar-refractivity contribution in [2.75, 3.05) is 5.32 Å². The van der Waals surface area contributed by atoms with Crippen molar-refractivity contribution in [1.82, 2.24) is 9.78 Å². The molecule has 2 rings (SSSR count). The van der Waals surface area contributed by atoms with E-state index < -0.39 is 0 Å². The number of halogens is 1. The van der Waals surface area contributed by atoms with E-state index in [0.717, 1.165) is 11.4 Å². The summed E-state index contributed by atoms with van der Waals surface area (Å²) in [5.41, 5.74) is 1.10. The summed E-state index contributed by atoms with van der Waals surface area (Å²) < 4.78 is 1.79. The predicted octanol–water partition coefficient (Wildman–Crippen LogP) is 3.69. The van der Waals surface area contributed by atoms with Crippen molar-refractivity contribution in [2.24, 2.45) is 0 Å². The van der Waals surface area contributed by atoms with E-state index in [4.69, 9.17) is 11.6 Å². The van der Waals surface area contributed by atoms with E-state index in [1.807, 2.05) is 38.1 Å². The standard InChI is InChI=1S/C15H18ClN3O/c1-11(2)19-14(9-10-17-19)18-15(20)8-5-12-3-6-13(16)7-4-12/h3-4,6-7,9-11H,5,8H2,1-2H3,(H,18,20). The number of carbonyl (C=O) groups excluding carboxylic acids is 1. The van der Waals surface area contributed by atoms with Crippen LogP contribution in [0.5, 0.6) is 0 Å². The minimum absolute atomic E-state index is 0.0117. The Morgan fingerprint density at radius 3 is 2.65 bits per heavy atom. The van der Waals surface area contributed by atoms with Crippen molar-refractivity contribution in [2.45, 2.75) is 32.7 Å². The zero-order valence-corrected chi connectivity index (χ0v) is 12.4. The van der Waals surface area contributed by atoms with Crippen molar-refractivity contribution in [1.29, 1.82) is 0 Å². The molecule has 1 heterocycles. The third-order valence-electron chi connectivity index (χ3n) is 2.98. The summed E-state index contributed by atoms with van der Waals surface area (Å²) in [7, 11) is 0. The Morgan fingerprint density at radius 2 is 2.00 bits per heavy atom. The maximum absolute atomic E-state index is 11.9. The van der Waals surface area contributed by atoms with E-state index in [2.05, 4.69) is 10.4 Å². The van der Waals surface area contributed by atoms with Crippen LogP contribution in [0.15, 0.2) is 36.5 Å². The normalized spacial score (nSPS) is 10.8. The summed E-state index contributed by atoms with van der Waals surface area (Å²) in [5, 5.41) is 7.78. The molecule has 0 aliphatic heterocycles. The van der Waals surface area contributed by atoms with Gasteiger partial charge in [0.15, 0.2) is 0 Å². The van der Waals surface area contributed by atoms with Gasteiger partial charge >= 0.3 is 0 Å². The fourth-order valence-corrected chi connectivity index (χ4v) is 2.07. The molecular formula is C15H18ClN3O. The lowest BCUT2D eigenvalue weighted by Gasteiger charge is -2.11. The molecule has 0 saturated heterocycles. The number of aryl methyl sites for hydroxylation is 1. The van der Waals surface area contributed by atoms with Gasteiger partial charge in [0.05, 0.1) is 6.20 Å². The van der Waals surface area contributed by atoms with Crippen molar-refractivity contribution in [3.8, 4) is 0 Å². The topological polar surface area (TPSA) is 46.9 Å². The average molecular weight is 292 g/mol. The molecule has 0 saturated carbocycles. The molecule has 0 atom stereocenters. The van der Waals surface area contributed by atoms with E-state index in [-0.39, 0.29) is 11.9 Å². The van der Waals surface area contributed by atoms with Gasteiger partial charge in [-0.2, -0.15) is 5.10 Å². The summed E-state index contributed by atoms with van der Waals surface area (Å²) in [6, 6.07) is 9.57. The molecule has 0 unspecified atom stereocenters. The SMILES string of the molecule is CC(C)n1nccc1NC(=O)CCc1ccc(Cl)cc1. The molecule has 1 aromatic heterocycles. The van der Waals surface area contributed by atoms with Gasteiger partial charge in [-0.05, 0) is 38.0 Å². The van der Waals surface area contributed by atoms with Crippen LogP contribution in [-0.2, 0) is 11.2 Å². The second-order valence-electron chi connectivity index (χ2n) is 4.93. The van der Waals surface area contributed by atoms with Gasteiger partial charge in [0, 0.05) is 23.6 Å². The molecule has 0 aliphatic carbocycles. The summed E-state index contributed by atoms with van der Waals surface area (Å²) in [4.78, 5) is 11.9. The lowest BCUT2D eigenvalue weighted by atomic mass is 10.1. The number of aromatic nitrogens is 2. The van der Waals surface area contributed by atoms with Gasteiger partial charge in [0.2, 0.25) is 5.91 Å². The number of nitrogens with one attached hydrogen (secondary N) is 1. The number of benzene rings is 1. The Labute approximate surface area is 123 Å². The van der Waals surface area contributed by atoms with Gasteiger partial charge in [-0.3, -0.25) is 4.79 Å². The first kappa shape index (κ1) is 14.6. The van der Waals surface area contributed by atoms with E-state index in [0.29, 0.717) is 17.9 Å². The lowest BCUT2D eigenvalue weighted by Crippen LogP contribution is -2.17. The van der Waals surface area contributed by atoms with E-state index in [1.54, 1.807) is 16.9 Å². The number of hydrogen-bond donors (Lipinski definition) is 1. The summed E-state index contributed by atoms with van der Waals surface area (Å²) in [6.45, 7) is 4.05. The lowest BCUT2D eigenvalue weighted by molar-refractivity contribution is -0.116. The quantitative estimate of drug-likeness (QED) is 0.913. The minimum atomic E-state index is -0.0117. The largest absolute Gasteiger partial charge is 0.311 e. The highest BCUT2D eigenvalue weighted by Crippen LogP contribution is 2.14. The third kappa shape index (κ3) is 3.84. The first-order valence-electron chi connectivity index (χ1n) is 6.64. The van der Waals surface area contributed by atoms with Crippen LogP contribution in [0.1, 0.15) is 31.9 Å². The zero-order chi connectivity index (χ0) is 14.5. The van der Waals surface area contributed by atoms with Crippen LogP contribution in [0.2, 0.25) is 5.02 Å². The average Bonchev–Trinajstić information content (AvgIpc) is 2.86. The van der Waals surface area contributed by atoms with Crippen LogP contribution < -0.4 is 5.32 Å². The van der Waals surface area contributed by atoms with E-state index >= 15 is 0 Å². The molecule has 1 N–H and O–H groups in total. The zero-order valence-electron chi connectivity index (χ0n) is 11.6. The number of amides is 1. The maximum atomic E-state index is 11.9. The molecule has 5 heteroatoms. The van der Waals surface area contributed by atoms with Gasteiger partial charge in [0.25, 0.3) is 0 Å². The van der Waals surface area contributed by atoms with E-state index in [9.17, 15) is 4.79 Å². The van der Waals surface area contributed by atoms with Crippen molar-refractivity contribution >= 4 is 23.3 Å². The Kier molecular flexibility index (Phi) is 4.79. The molecule has 4 nitrogen and oxygen atoms in total. The molecule has 0 fully saturated rings. The fraction of sp³-hybridized carbons (Fsp3) is 0.333. The molecule has 2 aromatic rings. The highest BCUT2D eigenvalue weighted by atomic mass is 35.5. The number of rotatable bonds is 5. The molecule has 1 aromatic carbocycles. The molecule has 0 bridgehead atoms. The Bertz CT molecular complexity index is 575. The molecule has 106 valence electrons. The summed E-state index contributed by atoms with van der Waals surface area (Å²) >= 11 is 5.83. The second-order valence-corrected chi connectivity index (χ2v) is 5.37. The van der Waals surface area contributed by atoms with Crippen molar-refractivity contribution < 1.29 is 4.79 Å². The Morgan fingerprint density at radius 1 is 1.30 bits per heavy atom. The molecular weight excluding hydrogens is 274 g/mol. The second kappa shape index (κ2) is 6.57. The Balaban J connectivity index is 1.89. The monoisotopic (exact) mass is 291 g/mol. The van der Waals surface area contributed by atoms with Crippen molar-refractivity contribution in [3.63, 3.8) is 0 Å². The van der Waals surface area contributed by atoms with Crippen LogP contribution in [-0.4, -0.2) is 15.7 Å². The van der Waals surface area contributed by atoms with Crippen LogP contribution in [0.3, 0.4) is 0 Å². The van der Waals surface area contributed by atoms with Gasteiger partial charge in [0.1, 0.15) is 5.82 Å². The minimum Gasteiger partial charge on any atom is -0.311 e. The highest BCUT2D eigenvalue weighted by molar-refractivity contribution is 6.30. The third-order valence-corrected chi connectivity index (χ3v) is 3.23. The highest BCUT2D eigenvalue weighted by Gasteiger charge is 2.09. The van der Waals surface area contributed by atoms with Crippen LogP contribution in [0, 0.1) is 0 Å². The number of nitrogens with zero attached hydrogens (tertiary/aromatic N) is 2. The molecule has 0 spiro atoms. The number of hydrogen-bond acceptors (Lipinski definition) is 2. The molecule has 0 aliphatic rings. The summed E-state index contributed by atoms with van der Waals surface area (Å²) in [6.07, 6.45) is 2.82. The van der Waals surface area contributed by atoms with E-state index in [1.165, 1.54) is 0 Å². The van der Waals surface area contributed by atoms with Gasteiger partial charge in [-0.1, -0.05) is 23.7 Å². The van der Waals surface area contributed by atoms with Crippen LogP contribution in [0.25, 0.3) is 0 Å². The Hall–Kier alpha value is -1.81. The van der Waals surface area contributed by atoms with Gasteiger partial charge in [-0.15, -0.1) is 0 Å².